The zero-order valence-electron chi connectivity index (χ0n) is 22.1. The normalized spacial score (nSPS) is 13.5. The molecular formula is C30H23F3N8O. The molecule has 0 saturated carbocycles. The standard InChI is InChI=1S/C30H23F3N8O/c31-30(32,33)29(42)39-11-10-20-6-8-24(12-22(20)16-39)41-18-27(36-38-41)28-25-13-21(7-9-26(25)35-37-28)23-14-34-40(17-23)15-19-4-2-1-3-5-19/h1-9,12-14,17-18H,10-11,15-16H2,(H,35,37). The summed E-state index contributed by atoms with van der Waals surface area (Å²) < 4.78 is 42.4. The predicted octanol–water partition coefficient (Wildman–Crippen LogP) is 5.17. The number of alkyl halides is 3. The lowest BCUT2D eigenvalue weighted by atomic mass is 9.99. The first kappa shape index (κ1) is 25.7. The lowest BCUT2D eigenvalue weighted by Crippen LogP contribution is -2.43. The fourth-order valence-electron chi connectivity index (χ4n) is 5.30. The highest BCUT2D eigenvalue weighted by molar-refractivity contribution is 5.94. The Morgan fingerprint density at radius 3 is 2.64 bits per heavy atom. The van der Waals surface area contributed by atoms with E-state index < -0.39 is 12.1 Å². The number of fused-ring (bicyclic) bond motifs is 2. The van der Waals surface area contributed by atoms with Gasteiger partial charge in [-0.3, -0.25) is 14.6 Å². The summed E-state index contributed by atoms with van der Waals surface area (Å²) in [5.74, 6) is -1.82. The second-order valence-electron chi connectivity index (χ2n) is 10.2. The van der Waals surface area contributed by atoms with E-state index in [4.69, 9.17) is 0 Å². The minimum absolute atomic E-state index is 0.0280. The van der Waals surface area contributed by atoms with Crippen molar-refractivity contribution < 1.29 is 18.0 Å². The number of carbonyl (C=O) groups excluding carboxylic acids is 1. The quantitative estimate of drug-likeness (QED) is 0.310. The van der Waals surface area contributed by atoms with Crippen LogP contribution in [0.25, 0.3) is 39.1 Å². The number of halogens is 3. The maximum Gasteiger partial charge on any atom is 0.471 e. The van der Waals surface area contributed by atoms with Gasteiger partial charge in [-0.05, 0) is 52.9 Å². The van der Waals surface area contributed by atoms with E-state index in [0.29, 0.717) is 35.6 Å². The van der Waals surface area contributed by atoms with Crippen molar-refractivity contribution in [1.29, 1.82) is 0 Å². The van der Waals surface area contributed by atoms with Gasteiger partial charge in [0.1, 0.15) is 11.4 Å². The van der Waals surface area contributed by atoms with Crippen LogP contribution in [0.4, 0.5) is 13.2 Å². The average molecular weight is 569 g/mol. The third-order valence-corrected chi connectivity index (χ3v) is 7.45. The molecule has 0 spiro atoms. The molecule has 0 radical (unpaired) electrons. The summed E-state index contributed by atoms with van der Waals surface area (Å²) in [6.45, 7) is 0.584. The molecule has 4 heterocycles. The Balaban J connectivity index is 1.15. The number of H-pyrrole nitrogens is 1. The van der Waals surface area contributed by atoms with Crippen LogP contribution in [0, 0.1) is 0 Å². The van der Waals surface area contributed by atoms with Crippen molar-refractivity contribution in [1.82, 2.24) is 39.9 Å². The largest absolute Gasteiger partial charge is 0.471 e. The molecule has 9 nitrogen and oxygen atoms in total. The van der Waals surface area contributed by atoms with Crippen LogP contribution in [0.5, 0.6) is 0 Å². The van der Waals surface area contributed by atoms with Gasteiger partial charge in [-0.15, -0.1) is 5.10 Å². The molecule has 42 heavy (non-hydrogen) atoms. The third kappa shape index (κ3) is 4.80. The minimum Gasteiger partial charge on any atom is -0.330 e. The van der Waals surface area contributed by atoms with Crippen LogP contribution in [0.3, 0.4) is 0 Å². The van der Waals surface area contributed by atoms with Gasteiger partial charge in [0, 0.05) is 30.2 Å². The molecule has 12 heteroatoms. The van der Waals surface area contributed by atoms with Crippen LogP contribution >= 0.6 is 0 Å². The van der Waals surface area contributed by atoms with Crippen LogP contribution in [-0.2, 0) is 24.3 Å². The van der Waals surface area contributed by atoms with Crippen molar-refractivity contribution in [3.63, 3.8) is 0 Å². The van der Waals surface area contributed by atoms with Crippen LogP contribution < -0.4 is 0 Å². The summed E-state index contributed by atoms with van der Waals surface area (Å²) in [5.41, 5.74) is 7.27. The number of hydrogen-bond donors (Lipinski definition) is 1. The first-order chi connectivity index (χ1) is 20.3. The number of rotatable bonds is 5. The lowest BCUT2D eigenvalue weighted by Gasteiger charge is -2.29. The maximum absolute atomic E-state index is 13.0. The van der Waals surface area contributed by atoms with Crippen molar-refractivity contribution in [3.05, 3.63) is 102 Å². The van der Waals surface area contributed by atoms with Crippen molar-refractivity contribution in [3.8, 4) is 28.2 Å². The Bertz CT molecular complexity index is 1920. The molecule has 0 aliphatic carbocycles. The number of amides is 1. The number of aromatic nitrogens is 7. The molecule has 0 saturated heterocycles. The van der Waals surface area contributed by atoms with Gasteiger partial charge in [-0.1, -0.05) is 47.7 Å². The van der Waals surface area contributed by atoms with Gasteiger partial charge in [0.05, 0.1) is 30.1 Å². The van der Waals surface area contributed by atoms with Gasteiger partial charge in [0.15, 0.2) is 0 Å². The lowest BCUT2D eigenvalue weighted by molar-refractivity contribution is -0.186. The zero-order valence-corrected chi connectivity index (χ0v) is 22.1. The summed E-state index contributed by atoms with van der Waals surface area (Å²) in [5, 5.41) is 21.5. The number of benzene rings is 3. The summed E-state index contributed by atoms with van der Waals surface area (Å²) in [6.07, 6.45) is 1.02. The van der Waals surface area contributed by atoms with E-state index in [1.54, 1.807) is 16.9 Å². The molecule has 0 unspecified atom stereocenters. The number of hydrogen-bond acceptors (Lipinski definition) is 5. The number of aromatic amines is 1. The fourth-order valence-corrected chi connectivity index (χ4v) is 5.30. The van der Waals surface area contributed by atoms with E-state index in [2.05, 4.69) is 37.7 Å². The maximum atomic E-state index is 13.0. The molecule has 0 fully saturated rings. The first-order valence-corrected chi connectivity index (χ1v) is 13.3. The van der Waals surface area contributed by atoms with Crippen molar-refractivity contribution in [2.24, 2.45) is 0 Å². The predicted molar refractivity (Wildman–Crippen MR) is 148 cm³/mol. The van der Waals surface area contributed by atoms with Gasteiger partial charge in [0.2, 0.25) is 0 Å². The number of nitrogens with one attached hydrogen (secondary N) is 1. The van der Waals surface area contributed by atoms with Crippen molar-refractivity contribution in [2.75, 3.05) is 6.54 Å². The molecule has 1 aliphatic rings. The Morgan fingerprint density at radius 1 is 0.952 bits per heavy atom. The average Bonchev–Trinajstić information content (AvgIpc) is 3.76. The molecule has 3 aromatic heterocycles. The number of nitrogens with zero attached hydrogens (tertiary/aromatic N) is 7. The van der Waals surface area contributed by atoms with E-state index >= 15 is 0 Å². The van der Waals surface area contributed by atoms with Crippen LogP contribution in [0.1, 0.15) is 16.7 Å². The van der Waals surface area contributed by atoms with Crippen molar-refractivity contribution in [2.45, 2.75) is 25.7 Å². The highest BCUT2D eigenvalue weighted by Crippen LogP contribution is 2.31. The van der Waals surface area contributed by atoms with Gasteiger partial charge >= 0.3 is 12.1 Å². The van der Waals surface area contributed by atoms with Gasteiger partial charge in [0.25, 0.3) is 0 Å². The van der Waals surface area contributed by atoms with Gasteiger partial charge in [-0.2, -0.15) is 23.4 Å². The smallest absolute Gasteiger partial charge is 0.330 e. The molecule has 1 amide bonds. The molecule has 3 aromatic carbocycles. The minimum atomic E-state index is -4.90. The Labute approximate surface area is 237 Å². The molecule has 0 bridgehead atoms. The second-order valence-corrected chi connectivity index (χ2v) is 10.2. The molecule has 7 rings (SSSR count). The van der Waals surface area contributed by atoms with Gasteiger partial charge < -0.3 is 4.90 Å². The topological polar surface area (TPSA) is 97.5 Å². The summed E-state index contributed by atoms with van der Waals surface area (Å²) in [6, 6.07) is 21.6. The van der Waals surface area contributed by atoms with E-state index in [9.17, 15) is 18.0 Å². The first-order valence-electron chi connectivity index (χ1n) is 13.3. The van der Waals surface area contributed by atoms with Crippen LogP contribution in [-0.4, -0.2) is 58.5 Å². The molecule has 6 aromatic rings. The molecule has 0 atom stereocenters. The Hall–Kier alpha value is -5.26. The van der Waals surface area contributed by atoms with Crippen LogP contribution in [0.2, 0.25) is 0 Å². The molecule has 1 aliphatic heterocycles. The third-order valence-electron chi connectivity index (χ3n) is 7.45. The summed E-state index contributed by atoms with van der Waals surface area (Å²) in [4.78, 5) is 12.6. The van der Waals surface area contributed by atoms with E-state index in [-0.39, 0.29) is 13.1 Å². The second kappa shape index (κ2) is 9.98. The number of carbonyl (C=O) groups is 1. The van der Waals surface area contributed by atoms with E-state index in [0.717, 1.165) is 38.1 Å². The van der Waals surface area contributed by atoms with E-state index in [1.165, 1.54) is 0 Å². The van der Waals surface area contributed by atoms with Gasteiger partial charge in [-0.25, -0.2) is 4.68 Å². The summed E-state index contributed by atoms with van der Waals surface area (Å²) >= 11 is 0. The fraction of sp³-hybridized carbons (Fsp3) is 0.167. The molecular weight excluding hydrogens is 545 g/mol. The monoisotopic (exact) mass is 568 g/mol. The Morgan fingerprint density at radius 2 is 1.81 bits per heavy atom. The molecule has 1 N–H and O–H groups in total. The zero-order chi connectivity index (χ0) is 28.8. The van der Waals surface area contributed by atoms with Crippen LogP contribution in [0.15, 0.2) is 85.3 Å². The SMILES string of the molecule is O=C(N1CCc2ccc(-n3cc(-c4n[nH]c5ccc(-c6cnn(Cc7ccccc7)c6)cc45)nn3)cc2C1)C(F)(F)F. The Kier molecular flexibility index (Phi) is 6.10. The highest BCUT2D eigenvalue weighted by Gasteiger charge is 2.43. The van der Waals surface area contributed by atoms with Crippen molar-refractivity contribution >= 4 is 16.8 Å². The molecule has 210 valence electrons. The highest BCUT2D eigenvalue weighted by atomic mass is 19.4. The summed E-state index contributed by atoms with van der Waals surface area (Å²) in [7, 11) is 0. The van der Waals surface area contributed by atoms with E-state index in [1.807, 2.05) is 65.6 Å².